The van der Waals surface area contributed by atoms with Gasteiger partial charge in [-0.1, -0.05) is 13.8 Å². The monoisotopic (exact) mass is 438 g/mol. The summed E-state index contributed by atoms with van der Waals surface area (Å²) in [6.45, 7) is 7.87. The van der Waals surface area contributed by atoms with Crippen molar-refractivity contribution < 1.29 is 23.1 Å². The standard InChI is InChI=1S/C20H26N2O5S2/c1-5-22(6-2)29(26,27)15-7-8-19(24)17(12-15)21-20(25)10-9-18(23)16-11-13(3)28-14(16)4/h7-8,11-12,24H,5-6,9-10H2,1-4H3,(H,21,25). The van der Waals surface area contributed by atoms with Crippen LogP contribution < -0.4 is 5.32 Å². The van der Waals surface area contributed by atoms with Crippen LogP contribution in [0.2, 0.25) is 0 Å². The number of anilines is 1. The van der Waals surface area contributed by atoms with Gasteiger partial charge in [-0.25, -0.2) is 8.42 Å². The average Bonchev–Trinajstić information content (AvgIpc) is 3.00. The van der Waals surface area contributed by atoms with Crippen molar-refractivity contribution in [3.63, 3.8) is 0 Å². The molecule has 2 rings (SSSR count). The third kappa shape index (κ3) is 5.43. The highest BCUT2D eigenvalue weighted by Gasteiger charge is 2.23. The van der Waals surface area contributed by atoms with Gasteiger partial charge < -0.3 is 10.4 Å². The van der Waals surface area contributed by atoms with E-state index in [-0.39, 0.29) is 35.0 Å². The van der Waals surface area contributed by atoms with Crippen LogP contribution in [-0.2, 0) is 14.8 Å². The predicted octanol–water partition coefficient (Wildman–Crippen LogP) is 3.70. The maximum atomic E-state index is 12.6. The quantitative estimate of drug-likeness (QED) is 0.459. The highest BCUT2D eigenvalue weighted by molar-refractivity contribution is 7.89. The molecule has 0 aliphatic rings. The Labute approximate surface area is 175 Å². The molecule has 0 aliphatic carbocycles. The second-order valence-electron chi connectivity index (χ2n) is 6.57. The van der Waals surface area contributed by atoms with Crippen molar-refractivity contribution in [3.8, 4) is 5.75 Å². The lowest BCUT2D eigenvalue weighted by atomic mass is 10.1. The predicted molar refractivity (Wildman–Crippen MR) is 114 cm³/mol. The van der Waals surface area contributed by atoms with Crippen LogP contribution in [0.5, 0.6) is 5.75 Å². The number of rotatable bonds is 9. The summed E-state index contributed by atoms with van der Waals surface area (Å²) in [4.78, 5) is 26.5. The number of aryl methyl sites for hydroxylation is 2. The summed E-state index contributed by atoms with van der Waals surface area (Å²) >= 11 is 1.53. The van der Waals surface area contributed by atoms with Gasteiger partial charge in [0.25, 0.3) is 0 Å². The summed E-state index contributed by atoms with van der Waals surface area (Å²) < 4.78 is 26.6. The van der Waals surface area contributed by atoms with Gasteiger partial charge >= 0.3 is 0 Å². The van der Waals surface area contributed by atoms with E-state index in [1.165, 1.54) is 33.8 Å². The molecule has 9 heteroatoms. The van der Waals surface area contributed by atoms with Crippen molar-refractivity contribution in [2.24, 2.45) is 0 Å². The van der Waals surface area contributed by atoms with Crippen LogP contribution in [0.1, 0.15) is 46.8 Å². The molecule has 1 aromatic carbocycles. The number of benzene rings is 1. The third-order valence-corrected chi connectivity index (χ3v) is 7.52. The highest BCUT2D eigenvalue weighted by atomic mass is 32.2. The number of hydrogen-bond donors (Lipinski definition) is 2. The first-order valence-electron chi connectivity index (χ1n) is 9.33. The molecule has 0 spiro atoms. The second-order valence-corrected chi connectivity index (χ2v) is 9.96. The van der Waals surface area contributed by atoms with Gasteiger partial charge in [-0.3, -0.25) is 9.59 Å². The van der Waals surface area contributed by atoms with E-state index in [0.717, 1.165) is 9.75 Å². The summed E-state index contributed by atoms with van der Waals surface area (Å²) in [5, 5.41) is 12.5. The molecule has 1 amide bonds. The molecule has 29 heavy (non-hydrogen) atoms. The van der Waals surface area contributed by atoms with Gasteiger partial charge in [0, 0.05) is 41.2 Å². The molecule has 0 fully saturated rings. The van der Waals surface area contributed by atoms with E-state index in [9.17, 15) is 23.1 Å². The van der Waals surface area contributed by atoms with Crippen molar-refractivity contribution in [1.29, 1.82) is 0 Å². The number of phenolic OH excluding ortho intramolecular Hbond substituents is 1. The molecule has 0 radical (unpaired) electrons. The Balaban J connectivity index is 2.10. The average molecular weight is 439 g/mol. The molecule has 1 heterocycles. The lowest BCUT2D eigenvalue weighted by Crippen LogP contribution is -2.30. The third-order valence-electron chi connectivity index (χ3n) is 4.51. The Morgan fingerprint density at radius 1 is 1.10 bits per heavy atom. The normalized spacial score (nSPS) is 11.6. The molecule has 158 valence electrons. The zero-order valence-electron chi connectivity index (χ0n) is 17.0. The molecule has 2 aromatic rings. The minimum Gasteiger partial charge on any atom is -0.506 e. The molecule has 0 bridgehead atoms. The number of Topliss-reactive ketones (excluding diaryl/α,β-unsaturated/α-hetero) is 1. The first kappa shape index (κ1) is 23.1. The fourth-order valence-electron chi connectivity index (χ4n) is 2.97. The first-order valence-corrected chi connectivity index (χ1v) is 11.6. The van der Waals surface area contributed by atoms with Gasteiger partial charge in [0.15, 0.2) is 5.78 Å². The van der Waals surface area contributed by atoms with E-state index < -0.39 is 15.9 Å². The van der Waals surface area contributed by atoms with Gasteiger partial charge in [-0.2, -0.15) is 4.31 Å². The molecule has 0 aliphatic heterocycles. The van der Waals surface area contributed by atoms with Gasteiger partial charge in [0.1, 0.15) is 5.75 Å². The van der Waals surface area contributed by atoms with Crippen LogP contribution in [0.3, 0.4) is 0 Å². The van der Waals surface area contributed by atoms with E-state index in [1.54, 1.807) is 13.8 Å². The van der Waals surface area contributed by atoms with Crippen molar-refractivity contribution in [3.05, 3.63) is 39.6 Å². The van der Waals surface area contributed by atoms with E-state index >= 15 is 0 Å². The van der Waals surface area contributed by atoms with E-state index in [0.29, 0.717) is 18.7 Å². The smallest absolute Gasteiger partial charge is 0.243 e. The largest absolute Gasteiger partial charge is 0.506 e. The lowest BCUT2D eigenvalue weighted by molar-refractivity contribution is -0.116. The summed E-state index contributed by atoms with van der Waals surface area (Å²) in [7, 11) is -3.72. The minimum atomic E-state index is -3.72. The van der Waals surface area contributed by atoms with E-state index in [2.05, 4.69) is 5.32 Å². The van der Waals surface area contributed by atoms with Crippen molar-refractivity contribution in [1.82, 2.24) is 4.31 Å². The zero-order chi connectivity index (χ0) is 21.8. The minimum absolute atomic E-state index is 0.00163. The molecule has 0 saturated carbocycles. The fraction of sp³-hybridized carbons (Fsp3) is 0.400. The van der Waals surface area contributed by atoms with Crippen LogP contribution >= 0.6 is 11.3 Å². The highest BCUT2D eigenvalue weighted by Crippen LogP contribution is 2.28. The van der Waals surface area contributed by atoms with Gasteiger partial charge in [0.05, 0.1) is 10.6 Å². The summed E-state index contributed by atoms with van der Waals surface area (Å²) in [6, 6.07) is 5.57. The van der Waals surface area contributed by atoms with Gasteiger partial charge in [0.2, 0.25) is 15.9 Å². The molecule has 0 atom stereocenters. The van der Waals surface area contributed by atoms with E-state index in [4.69, 9.17) is 0 Å². The number of phenols is 1. The number of amides is 1. The number of carbonyl (C=O) groups is 2. The van der Waals surface area contributed by atoms with Crippen LogP contribution in [0.25, 0.3) is 0 Å². The van der Waals surface area contributed by atoms with Crippen molar-refractivity contribution in [2.75, 3.05) is 18.4 Å². The summed E-state index contributed by atoms with van der Waals surface area (Å²) in [6.07, 6.45) is -0.0410. The molecule has 0 unspecified atom stereocenters. The second kappa shape index (κ2) is 9.51. The number of nitrogens with zero attached hydrogens (tertiary/aromatic N) is 1. The fourth-order valence-corrected chi connectivity index (χ4v) is 5.40. The molecule has 2 N–H and O–H groups in total. The van der Waals surface area contributed by atoms with E-state index in [1.807, 2.05) is 19.9 Å². The van der Waals surface area contributed by atoms with Crippen molar-refractivity contribution in [2.45, 2.75) is 45.4 Å². The SMILES string of the molecule is CCN(CC)S(=O)(=O)c1ccc(O)c(NC(=O)CCC(=O)c2cc(C)sc2C)c1. The number of hydrogen-bond acceptors (Lipinski definition) is 6. The molecule has 7 nitrogen and oxygen atoms in total. The van der Waals surface area contributed by atoms with Gasteiger partial charge in [-0.15, -0.1) is 11.3 Å². The van der Waals surface area contributed by atoms with Crippen molar-refractivity contribution >= 4 is 38.7 Å². The number of nitrogens with one attached hydrogen (secondary N) is 1. The number of sulfonamides is 1. The Morgan fingerprint density at radius 2 is 1.76 bits per heavy atom. The van der Waals surface area contributed by atoms with Gasteiger partial charge in [-0.05, 0) is 38.1 Å². The Bertz CT molecular complexity index is 1010. The Hall–Kier alpha value is -2.23. The Morgan fingerprint density at radius 3 is 2.31 bits per heavy atom. The number of aromatic hydroxyl groups is 1. The Kier molecular flexibility index (Phi) is 7.56. The lowest BCUT2D eigenvalue weighted by Gasteiger charge is -2.19. The summed E-state index contributed by atoms with van der Waals surface area (Å²) in [5.74, 6) is -0.841. The van der Waals surface area contributed by atoms with Crippen LogP contribution in [0.4, 0.5) is 5.69 Å². The van der Waals surface area contributed by atoms with Crippen LogP contribution in [0, 0.1) is 13.8 Å². The number of carbonyl (C=O) groups excluding carboxylic acids is 2. The first-order chi connectivity index (χ1) is 13.6. The number of ketones is 1. The molecule has 0 saturated heterocycles. The molecule has 1 aromatic heterocycles. The van der Waals surface area contributed by atoms with Crippen LogP contribution in [0.15, 0.2) is 29.2 Å². The zero-order valence-corrected chi connectivity index (χ0v) is 18.6. The summed E-state index contributed by atoms with van der Waals surface area (Å²) in [5.41, 5.74) is 0.619. The number of thiophene rings is 1. The van der Waals surface area contributed by atoms with Crippen LogP contribution in [-0.4, -0.2) is 42.6 Å². The molecular weight excluding hydrogens is 412 g/mol. The molecular formula is C20H26N2O5S2. The maximum Gasteiger partial charge on any atom is 0.243 e. The topological polar surface area (TPSA) is 104 Å². The maximum absolute atomic E-state index is 12.6.